The smallest absolute Gasteiger partial charge is 0.414 e. The van der Waals surface area contributed by atoms with Crippen LogP contribution in [0.2, 0.25) is 0 Å². The number of nitrogens with one attached hydrogen (secondary N) is 1. The molecule has 1 amide bonds. The summed E-state index contributed by atoms with van der Waals surface area (Å²) in [6.07, 6.45) is -0.440. The summed E-state index contributed by atoms with van der Waals surface area (Å²) in [6.45, 7) is -0.112. The lowest BCUT2D eigenvalue weighted by molar-refractivity contribution is 0.0300. The maximum Gasteiger partial charge on any atom is 0.414 e. The second kappa shape index (κ2) is 9.75. The van der Waals surface area contributed by atoms with E-state index in [-0.39, 0.29) is 37.7 Å². The molecule has 2 aromatic carbocycles. The zero-order valence-electron chi connectivity index (χ0n) is 16.6. The Kier molecular flexibility index (Phi) is 7.08. The Balaban J connectivity index is 1.53. The number of anilines is 2. The Morgan fingerprint density at radius 3 is 2.68 bits per heavy atom. The zero-order valence-corrected chi connectivity index (χ0v) is 17.4. The first kappa shape index (κ1) is 22.5. The van der Waals surface area contributed by atoms with E-state index in [1.807, 2.05) is 0 Å². The van der Waals surface area contributed by atoms with Crippen molar-refractivity contribution in [2.45, 2.75) is 6.10 Å². The molecule has 1 aliphatic rings. The van der Waals surface area contributed by atoms with Crippen molar-refractivity contribution >= 4 is 33.6 Å². The van der Waals surface area contributed by atoms with Crippen molar-refractivity contribution < 1.29 is 36.1 Å². The van der Waals surface area contributed by atoms with Gasteiger partial charge in [-0.2, -0.15) is 8.42 Å². The summed E-state index contributed by atoms with van der Waals surface area (Å²) in [4.78, 5) is 25.4. The van der Waals surface area contributed by atoms with Crippen molar-refractivity contribution in [2.75, 3.05) is 42.8 Å². The number of benzene rings is 2. The quantitative estimate of drug-likeness (QED) is 0.351. The third-order valence-electron chi connectivity index (χ3n) is 4.26. The molecule has 2 aromatic rings. The van der Waals surface area contributed by atoms with Gasteiger partial charge in [0.05, 0.1) is 36.3 Å². The highest BCUT2D eigenvalue weighted by molar-refractivity contribution is 7.85. The summed E-state index contributed by atoms with van der Waals surface area (Å²) in [7, 11) is -3.57. The summed E-state index contributed by atoms with van der Waals surface area (Å²) >= 11 is 0. The number of hydrogen-bond donors (Lipinski definition) is 1. The minimum Gasteiger partial charge on any atom is -0.458 e. The molecule has 0 spiro atoms. The highest BCUT2D eigenvalue weighted by Gasteiger charge is 2.33. The number of halogens is 1. The molecule has 0 bridgehead atoms. The molecule has 1 N–H and O–H groups in total. The van der Waals surface area contributed by atoms with Crippen LogP contribution in [-0.4, -0.2) is 59.1 Å². The molecule has 1 atom stereocenters. The third kappa shape index (κ3) is 6.40. The van der Waals surface area contributed by atoms with Crippen molar-refractivity contribution in [3.05, 3.63) is 59.9 Å². The molecular formula is C20H21FN2O7S. The van der Waals surface area contributed by atoms with Gasteiger partial charge in [0, 0.05) is 6.54 Å². The van der Waals surface area contributed by atoms with Gasteiger partial charge in [0.25, 0.3) is 10.1 Å². The van der Waals surface area contributed by atoms with E-state index in [0.29, 0.717) is 5.56 Å². The molecule has 0 radical (unpaired) electrons. The second-order valence-electron chi connectivity index (χ2n) is 6.70. The molecular weight excluding hydrogens is 431 g/mol. The molecule has 31 heavy (non-hydrogen) atoms. The van der Waals surface area contributed by atoms with Crippen LogP contribution in [-0.2, 0) is 23.8 Å². The van der Waals surface area contributed by atoms with Gasteiger partial charge in [0.2, 0.25) is 0 Å². The minimum absolute atomic E-state index is 0.0734. The van der Waals surface area contributed by atoms with Crippen molar-refractivity contribution in [3.63, 3.8) is 0 Å². The zero-order chi connectivity index (χ0) is 22.4. The van der Waals surface area contributed by atoms with E-state index in [2.05, 4.69) is 9.50 Å². The Hall–Kier alpha value is -3.18. The third-order valence-corrected chi connectivity index (χ3v) is 4.86. The molecule has 0 saturated carbocycles. The highest BCUT2D eigenvalue weighted by atomic mass is 32.2. The van der Waals surface area contributed by atoms with Crippen LogP contribution < -0.4 is 10.2 Å². The number of rotatable bonds is 9. The fourth-order valence-electron chi connectivity index (χ4n) is 2.84. The van der Waals surface area contributed by atoms with Crippen molar-refractivity contribution in [2.24, 2.45) is 0 Å². The Labute approximate surface area is 178 Å². The summed E-state index contributed by atoms with van der Waals surface area (Å²) < 4.78 is 51.1. The normalized spacial score (nSPS) is 16.1. The SMILES string of the molecule is CS(=O)(=O)OCCNc1ccc(N2C[C@H](COC(=O)c3ccccc3)OC2=O)cc1F. The molecule has 0 aliphatic carbocycles. The van der Waals surface area contributed by atoms with E-state index >= 15 is 0 Å². The molecule has 9 nitrogen and oxygen atoms in total. The van der Waals surface area contributed by atoms with E-state index < -0.39 is 34.1 Å². The van der Waals surface area contributed by atoms with Gasteiger partial charge in [-0.3, -0.25) is 9.08 Å². The topological polar surface area (TPSA) is 111 Å². The molecule has 1 aliphatic heterocycles. The van der Waals surface area contributed by atoms with Crippen LogP contribution in [0.3, 0.4) is 0 Å². The summed E-state index contributed by atoms with van der Waals surface area (Å²) in [6, 6.07) is 12.5. The number of amides is 1. The van der Waals surface area contributed by atoms with E-state index in [1.165, 1.54) is 17.0 Å². The largest absolute Gasteiger partial charge is 0.458 e. The summed E-state index contributed by atoms with van der Waals surface area (Å²) in [5, 5.41) is 2.72. The van der Waals surface area contributed by atoms with Gasteiger partial charge in [0.1, 0.15) is 12.4 Å². The molecule has 1 heterocycles. The van der Waals surface area contributed by atoms with Crippen LogP contribution in [0.5, 0.6) is 0 Å². The number of esters is 1. The van der Waals surface area contributed by atoms with Gasteiger partial charge in [-0.15, -0.1) is 0 Å². The number of carbonyl (C=O) groups is 2. The summed E-state index contributed by atoms with van der Waals surface area (Å²) in [5.41, 5.74) is 0.787. The van der Waals surface area contributed by atoms with Crippen LogP contribution in [0.25, 0.3) is 0 Å². The van der Waals surface area contributed by atoms with Gasteiger partial charge in [-0.05, 0) is 30.3 Å². The number of cyclic esters (lactones) is 1. The molecule has 1 saturated heterocycles. The van der Waals surface area contributed by atoms with Crippen LogP contribution >= 0.6 is 0 Å². The second-order valence-corrected chi connectivity index (χ2v) is 8.34. The first-order chi connectivity index (χ1) is 14.7. The molecule has 0 aromatic heterocycles. The van der Waals surface area contributed by atoms with Crippen LogP contribution in [0, 0.1) is 5.82 Å². The lowest BCUT2D eigenvalue weighted by Crippen LogP contribution is -2.26. The van der Waals surface area contributed by atoms with Crippen LogP contribution in [0.4, 0.5) is 20.6 Å². The standard InChI is InChI=1S/C20H21FN2O7S/c1-31(26,27)29-10-9-22-18-8-7-15(11-17(18)21)23-12-16(30-20(23)25)13-28-19(24)14-5-3-2-4-6-14/h2-8,11,16,22H,9-10,12-13H2,1H3/t16-/m1/s1. The Morgan fingerprint density at radius 2 is 2.00 bits per heavy atom. The van der Waals surface area contributed by atoms with Gasteiger partial charge in [-0.25, -0.2) is 14.0 Å². The average molecular weight is 452 g/mol. The van der Waals surface area contributed by atoms with Crippen LogP contribution in [0.1, 0.15) is 10.4 Å². The minimum atomic E-state index is -3.57. The lowest BCUT2D eigenvalue weighted by Gasteiger charge is -2.15. The monoisotopic (exact) mass is 452 g/mol. The predicted molar refractivity (Wildman–Crippen MR) is 110 cm³/mol. The van der Waals surface area contributed by atoms with E-state index in [4.69, 9.17) is 9.47 Å². The van der Waals surface area contributed by atoms with Gasteiger partial charge >= 0.3 is 12.1 Å². The maximum absolute atomic E-state index is 14.4. The maximum atomic E-state index is 14.4. The highest BCUT2D eigenvalue weighted by Crippen LogP contribution is 2.26. The van der Waals surface area contributed by atoms with Gasteiger partial charge in [-0.1, -0.05) is 18.2 Å². The average Bonchev–Trinajstić information content (AvgIpc) is 3.10. The van der Waals surface area contributed by atoms with Crippen molar-refractivity contribution in [1.29, 1.82) is 0 Å². The molecule has 1 fully saturated rings. The fraction of sp³-hybridized carbons (Fsp3) is 0.300. The Morgan fingerprint density at radius 1 is 1.26 bits per heavy atom. The first-order valence-corrected chi connectivity index (χ1v) is 11.1. The van der Waals surface area contributed by atoms with E-state index in [1.54, 1.807) is 30.3 Å². The number of ether oxygens (including phenoxy) is 2. The van der Waals surface area contributed by atoms with E-state index in [9.17, 15) is 22.4 Å². The van der Waals surface area contributed by atoms with Crippen molar-refractivity contribution in [1.82, 2.24) is 0 Å². The van der Waals surface area contributed by atoms with Crippen molar-refractivity contribution in [3.8, 4) is 0 Å². The molecule has 166 valence electrons. The predicted octanol–water partition coefficient (Wildman–Crippen LogP) is 2.40. The summed E-state index contributed by atoms with van der Waals surface area (Å²) in [5.74, 6) is -1.17. The molecule has 3 rings (SSSR count). The lowest BCUT2D eigenvalue weighted by atomic mass is 10.2. The number of carbonyl (C=O) groups excluding carboxylic acids is 2. The number of hydrogen-bond acceptors (Lipinski definition) is 8. The molecule has 0 unspecified atom stereocenters. The Bertz CT molecular complexity index is 1050. The van der Waals surface area contributed by atoms with Gasteiger partial charge in [0.15, 0.2) is 6.10 Å². The van der Waals surface area contributed by atoms with Crippen LogP contribution in [0.15, 0.2) is 48.5 Å². The van der Waals surface area contributed by atoms with Gasteiger partial charge < -0.3 is 14.8 Å². The molecule has 11 heteroatoms. The first-order valence-electron chi connectivity index (χ1n) is 9.31. The number of nitrogens with zero attached hydrogens (tertiary/aromatic N) is 1. The fourth-order valence-corrected chi connectivity index (χ4v) is 3.23. The van der Waals surface area contributed by atoms with E-state index in [0.717, 1.165) is 12.3 Å².